The van der Waals surface area contributed by atoms with Crippen molar-refractivity contribution in [2.24, 2.45) is 0 Å². The zero-order valence-corrected chi connectivity index (χ0v) is 18.7. The first-order valence-electron chi connectivity index (χ1n) is 10.8. The first kappa shape index (κ1) is 22.5. The van der Waals surface area contributed by atoms with E-state index in [0.29, 0.717) is 24.2 Å². The highest BCUT2D eigenvalue weighted by molar-refractivity contribution is 5.94. The van der Waals surface area contributed by atoms with Crippen LogP contribution in [-0.2, 0) is 4.74 Å². The van der Waals surface area contributed by atoms with E-state index >= 15 is 0 Å². The van der Waals surface area contributed by atoms with Gasteiger partial charge in [0.1, 0.15) is 0 Å². The molecule has 8 nitrogen and oxygen atoms in total. The van der Waals surface area contributed by atoms with Crippen LogP contribution in [0.25, 0.3) is 0 Å². The number of likely N-dealkylation sites (tertiary alicyclic amines) is 1. The minimum absolute atomic E-state index is 0.0169. The third-order valence-corrected chi connectivity index (χ3v) is 6.13. The van der Waals surface area contributed by atoms with Crippen molar-refractivity contribution < 1.29 is 14.3 Å². The molecule has 0 aliphatic carbocycles. The SMILES string of the molecule is Cc1cc(C(=O)N(C)CCN(C2CCOCC2)C2CCN(C(=O)N(C)C)C2)ccn1. The van der Waals surface area contributed by atoms with Crippen LogP contribution >= 0.6 is 0 Å². The van der Waals surface area contributed by atoms with Gasteiger partial charge in [0, 0.05) is 90.1 Å². The van der Waals surface area contributed by atoms with E-state index in [1.807, 2.05) is 24.9 Å². The molecule has 3 heterocycles. The van der Waals surface area contributed by atoms with E-state index in [2.05, 4.69) is 9.88 Å². The second-order valence-corrected chi connectivity index (χ2v) is 8.56. The summed E-state index contributed by atoms with van der Waals surface area (Å²) in [5.74, 6) is 0.0169. The van der Waals surface area contributed by atoms with Gasteiger partial charge in [0.25, 0.3) is 5.91 Å². The molecular formula is C22H35N5O3. The Morgan fingerprint density at radius 1 is 1.13 bits per heavy atom. The lowest BCUT2D eigenvalue weighted by atomic mass is 10.0. The third-order valence-electron chi connectivity index (χ3n) is 6.13. The highest BCUT2D eigenvalue weighted by Gasteiger charge is 2.35. The summed E-state index contributed by atoms with van der Waals surface area (Å²) >= 11 is 0. The Morgan fingerprint density at radius 3 is 2.53 bits per heavy atom. The number of nitrogens with zero attached hydrogens (tertiary/aromatic N) is 5. The number of urea groups is 1. The topological polar surface area (TPSA) is 69.2 Å². The van der Waals surface area contributed by atoms with Gasteiger partial charge in [-0.05, 0) is 38.3 Å². The molecule has 30 heavy (non-hydrogen) atoms. The Kier molecular flexibility index (Phi) is 7.66. The molecule has 2 aliphatic heterocycles. The molecule has 2 fully saturated rings. The maximum Gasteiger partial charge on any atom is 0.319 e. The summed E-state index contributed by atoms with van der Waals surface area (Å²) in [7, 11) is 5.46. The lowest BCUT2D eigenvalue weighted by Gasteiger charge is -2.39. The van der Waals surface area contributed by atoms with Crippen LogP contribution in [0.4, 0.5) is 4.79 Å². The number of likely N-dealkylation sites (N-methyl/N-ethyl adjacent to an activating group) is 1. The Balaban J connectivity index is 1.64. The standard InChI is InChI=1S/C22H35N5O3/c1-17-15-18(5-9-23-17)21(28)25(4)11-12-27(19-7-13-30-14-8-19)20-6-10-26(16-20)22(29)24(2)3/h5,9,15,19-20H,6-8,10-14,16H2,1-4H3. The van der Waals surface area contributed by atoms with Gasteiger partial charge in [0.2, 0.25) is 0 Å². The van der Waals surface area contributed by atoms with Crippen LogP contribution in [0.3, 0.4) is 0 Å². The van der Waals surface area contributed by atoms with E-state index in [1.165, 1.54) is 0 Å². The molecule has 0 bridgehead atoms. The quantitative estimate of drug-likeness (QED) is 0.705. The van der Waals surface area contributed by atoms with Gasteiger partial charge in [-0.15, -0.1) is 0 Å². The van der Waals surface area contributed by atoms with Gasteiger partial charge in [0.05, 0.1) is 0 Å². The number of amides is 3. The predicted octanol–water partition coefficient (Wildman–Crippen LogP) is 1.70. The second-order valence-electron chi connectivity index (χ2n) is 8.56. The molecule has 0 saturated carbocycles. The minimum Gasteiger partial charge on any atom is -0.381 e. The summed E-state index contributed by atoms with van der Waals surface area (Å²) in [6.45, 7) is 6.42. The Bertz CT molecular complexity index is 735. The van der Waals surface area contributed by atoms with Crippen molar-refractivity contribution in [1.82, 2.24) is 24.6 Å². The number of carbonyl (C=O) groups excluding carboxylic acids is 2. The molecule has 0 aromatic carbocycles. The van der Waals surface area contributed by atoms with Gasteiger partial charge in [-0.25, -0.2) is 4.79 Å². The average Bonchev–Trinajstić information content (AvgIpc) is 3.23. The molecule has 3 rings (SSSR count). The first-order chi connectivity index (χ1) is 14.4. The number of carbonyl (C=O) groups is 2. The fourth-order valence-electron chi connectivity index (χ4n) is 4.42. The zero-order valence-electron chi connectivity index (χ0n) is 18.7. The van der Waals surface area contributed by atoms with Crippen LogP contribution < -0.4 is 0 Å². The van der Waals surface area contributed by atoms with Crippen molar-refractivity contribution in [1.29, 1.82) is 0 Å². The monoisotopic (exact) mass is 417 g/mol. The van der Waals surface area contributed by atoms with E-state index in [4.69, 9.17) is 4.74 Å². The summed E-state index contributed by atoms with van der Waals surface area (Å²) < 4.78 is 5.57. The van der Waals surface area contributed by atoms with Gasteiger partial charge in [0.15, 0.2) is 0 Å². The fourth-order valence-corrected chi connectivity index (χ4v) is 4.42. The van der Waals surface area contributed by atoms with Gasteiger partial charge in [-0.3, -0.25) is 14.7 Å². The Morgan fingerprint density at radius 2 is 1.87 bits per heavy atom. The largest absolute Gasteiger partial charge is 0.381 e. The van der Waals surface area contributed by atoms with E-state index < -0.39 is 0 Å². The summed E-state index contributed by atoms with van der Waals surface area (Å²) in [6.07, 6.45) is 4.65. The predicted molar refractivity (Wildman–Crippen MR) is 116 cm³/mol. The molecule has 0 radical (unpaired) electrons. The molecule has 0 spiro atoms. The summed E-state index contributed by atoms with van der Waals surface area (Å²) in [5.41, 5.74) is 1.51. The fraction of sp³-hybridized carbons (Fsp3) is 0.682. The summed E-state index contributed by atoms with van der Waals surface area (Å²) in [5, 5.41) is 0. The zero-order chi connectivity index (χ0) is 21.7. The Labute approximate surface area is 179 Å². The number of hydrogen-bond acceptors (Lipinski definition) is 5. The average molecular weight is 418 g/mol. The highest BCUT2D eigenvalue weighted by Crippen LogP contribution is 2.24. The van der Waals surface area contributed by atoms with Crippen molar-refractivity contribution >= 4 is 11.9 Å². The summed E-state index contributed by atoms with van der Waals surface area (Å²) in [6, 6.07) is 4.43. The van der Waals surface area contributed by atoms with E-state index in [9.17, 15) is 9.59 Å². The molecule has 2 saturated heterocycles. The number of hydrogen-bond donors (Lipinski definition) is 0. The molecule has 1 unspecified atom stereocenters. The number of pyridine rings is 1. The van der Waals surface area contributed by atoms with Crippen molar-refractivity contribution in [3.63, 3.8) is 0 Å². The molecule has 8 heteroatoms. The number of aryl methyl sites for hydroxylation is 1. The van der Waals surface area contributed by atoms with Crippen molar-refractivity contribution in [2.75, 3.05) is 60.5 Å². The van der Waals surface area contributed by atoms with Crippen LogP contribution in [0.1, 0.15) is 35.3 Å². The maximum atomic E-state index is 12.8. The second kappa shape index (κ2) is 10.2. The van der Waals surface area contributed by atoms with Crippen molar-refractivity contribution in [2.45, 2.75) is 38.3 Å². The minimum atomic E-state index is 0.0169. The van der Waals surface area contributed by atoms with Crippen LogP contribution in [0, 0.1) is 6.92 Å². The van der Waals surface area contributed by atoms with Crippen LogP contribution in [-0.4, -0.2) is 109 Å². The smallest absolute Gasteiger partial charge is 0.319 e. The normalized spacial score (nSPS) is 19.9. The van der Waals surface area contributed by atoms with Gasteiger partial charge < -0.3 is 19.4 Å². The molecular weight excluding hydrogens is 382 g/mol. The van der Waals surface area contributed by atoms with Crippen molar-refractivity contribution in [3.05, 3.63) is 29.6 Å². The van der Waals surface area contributed by atoms with Crippen LogP contribution in [0.2, 0.25) is 0 Å². The van der Waals surface area contributed by atoms with Gasteiger partial charge in [-0.1, -0.05) is 0 Å². The highest BCUT2D eigenvalue weighted by atomic mass is 16.5. The molecule has 166 valence electrons. The molecule has 1 aromatic heterocycles. The third kappa shape index (κ3) is 5.49. The van der Waals surface area contributed by atoms with Gasteiger partial charge in [-0.2, -0.15) is 0 Å². The Hall–Kier alpha value is -2.19. The molecule has 0 N–H and O–H groups in total. The van der Waals surface area contributed by atoms with Crippen LogP contribution in [0.5, 0.6) is 0 Å². The van der Waals surface area contributed by atoms with Crippen LogP contribution in [0.15, 0.2) is 18.3 Å². The lowest BCUT2D eigenvalue weighted by Crippen LogP contribution is -2.50. The van der Waals surface area contributed by atoms with Crippen molar-refractivity contribution in [3.8, 4) is 0 Å². The molecule has 1 atom stereocenters. The molecule has 1 aromatic rings. The first-order valence-corrected chi connectivity index (χ1v) is 10.8. The number of aromatic nitrogens is 1. The molecule has 3 amide bonds. The number of ether oxygens (including phenoxy) is 1. The van der Waals surface area contributed by atoms with E-state index in [1.54, 1.807) is 36.2 Å². The maximum absolute atomic E-state index is 12.8. The van der Waals surface area contributed by atoms with E-state index in [0.717, 1.165) is 57.8 Å². The number of rotatable bonds is 6. The van der Waals surface area contributed by atoms with E-state index in [-0.39, 0.29) is 11.9 Å². The molecule has 2 aliphatic rings. The lowest BCUT2D eigenvalue weighted by molar-refractivity contribution is 0.0151. The van der Waals surface area contributed by atoms with Gasteiger partial charge >= 0.3 is 6.03 Å². The summed E-state index contributed by atoms with van der Waals surface area (Å²) in [4.78, 5) is 37.3.